The number of aromatic nitrogens is 1. The number of aliphatic hydroxyl groups excluding tert-OH is 1. The Morgan fingerprint density at radius 3 is 2.48 bits per heavy atom. The standard InChI is InChI=1S/C21H24N2O4S2/c1-3-4-10-27-21-18(13-24)17(12-19(23-21)20-14(2)9-11-28-20)15-5-7-16(8-6-15)29(22,25)26/h5-9,11-12,24H,3-4,10,13H2,1-2H3,(H2,22,25,26). The van der Waals surface area contributed by atoms with Gasteiger partial charge >= 0.3 is 0 Å². The van der Waals surface area contributed by atoms with Gasteiger partial charge in [-0.2, -0.15) is 0 Å². The SMILES string of the molecule is CCCCOc1nc(-c2sccc2C)cc(-c2ccc(S(N)(=O)=O)cc2)c1CO. The third-order valence-corrected chi connectivity index (χ3v) is 6.54. The summed E-state index contributed by atoms with van der Waals surface area (Å²) in [6.07, 6.45) is 1.87. The van der Waals surface area contributed by atoms with E-state index >= 15 is 0 Å². The maximum atomic E-state index is 11.6. The number of primary sulfonamides is 1. The third-order valence-electron chi connectivity index (χ3n) is 4.57. The van der Waals surface area contributed by atoms with Crippen molar-refractivity contribution in [3.8, 4) is 27.6 Å². The van der Waals surface area contributed by atoms with Gasteiger partial charge in [0.25, 0.3) is 0 Å². The van der Waals surface area contributed by atoms with E-state index in [0.29, 0.717) is 18.1 Å². The monoisotopic (exact) mass is 432 g/mol. The lowest BCUT2D eigenvalue weighted by Gasteiger charge is -2.16. The van der Waals surface area contributed by atoms with Crippen molar-refractivity contribution in [3.05, 3.63) is 52.9 Å². The highest BCUT2D eigenvalue weighted by Gasteiger charge is 2.18. The van der Waals surface area contributed by atoms with E-state index in [1.54, 1.807) is 23.5 Å². The number of aryl methyl sites for hydroxylation is 1. The maximum absolute atomic E-state index is 11.6. The summed E-state index contributed by atoms with van der Waals surface area (Å²) in [7, 11) is -3.77. The first-order valence-electron chi connectivity index (χ1n) is 9.30. The Labute approximate surface area is 175 Å². The van der Waals surface area contributed by atoms with Crippen LogP contribution >= 0.6 is 11.3 Å². The van der Waals surface area contributed by atoms with Crippen LogP contribution in [0.1, 0.15) is 30.9 Å². The first-order chi connectivity index (χ1) is 13.8. The van der Waals surface area contributed by atoms with Crippen molar-refractivity contribution in [1.82, 2.24) is 4.98 Å². The molecule has 0 saturated carbocycles. The van der Waals surface area contributed by atoms with Gasteiger partial charge in [-0.1, -0.05) is 25.5 Å². The summed E-state index contributed by atoms with van der Waals surface area (Å²) in [6, 6.07) is 10.2. The van der Waals surface area contributed by atoms with Crippen LogP contribution in [0, 0.1) is 6.92 Å². The normalized spacial score (nSPS) is 11.6. The lowest BCUT2D eigenvalue weighted by molar-refractivity contribution is 0.256. The summed E-state index contributed by atoms with van der Waals surface area (Å²) in [4.78, 5) is 5.74. The molecule has 6 nitrogen and oxygen atoms in total. The largest absolute Gasteiger partial charge is 0.477 e. The molecule has 3 N–H and O–H groups in total. The van der Waals surface area contributed by atoms with Crippen molar-refractivity contribution in [2.75, 3.05) is 6.61 Å². The molecule has 3 rings (SSSR count). The molecule has 8 heteroatoms. The molecule has 154 valence electrons. The molecule has 0 radical (unpaired) electrons. The van der Waals surface area contributed by atoms with Crippen LogP contribution in [0.3, 0.4) is 0 Å². The molecule has 0 atom stereocenters. The number of sulfonamides is 1. The molecule has 2 heterocycles. The Bertz CT molecular complexity index is 1090. The van der Waals surface area contributed by atoms with Gasteiger partial charge in [-0.15, -0.1) is 11.3 Å². The lowest BCUT2D eigenvalue weighted by atomic mass is 9.99. The van der Waals surface area contributed by atoms with Gasteiger partial charge in [0.2, 0.25) is 15.9 Å². The molecule has 0 saturated heterocycles. The second kappa shape index (κ2) is 9.04. The summed E-state index contributed by atoms with van der Waals surface area (Å²) < 4.78 is 29.0. The van der Waals surface area contributed by atoms with E-state index < -0.39 is 10.0 Å². The number of aliphatic hydroxyl groups is 1. The van der Waals surface area contributed by atoms with Crippen molar-refractivity contribution >= 4 is 21.4 Å². The molecule has 0 aliphatic carbocycles. The Hall–Kier alpha value is -2.26. The quantitative estimate of drug-likeness (QED) is 0.522. The fraction of sp³-hybridized carbons (Fsp3) is 0.286. The van der Waals surface area contributed by atoms with Gasteiger partial charge in [-0.3, -0.25) is 0 Å². The predicted octanol–water partition coefficient (Wildman–Crippen LogP) is 4.10. The number of rotatable bonds is 8. The minimum atomic E-state index is -3.77. The van der Waals surface area contributed by atoms with Gasteiger partial charge in [-0.05, 0) is 59.7 Å². The smallest absolute Gasteiger partial charge is 0.238 e. The highest BCUT2D eigenvalue weighted by Crippen LogP contribution is 2.37. The molecule has 0 aliphatic heterocycles. The second-order valence-corrected chi connectivity index (χ2v) is 9.18. The Kier molecular flexibility index (Phi) is 6.69. The average Bonchev–Trinajstić information content (AvgIpc) is 3.13. The summed E-state index contributed by atoms with van der Waals surface area (Å²) in [6.45, 7) is 4.36. The van der Waals surface area contributed by atoms with Gasteiger partial charge in [0.15, 0.2) is 0 Å². The van der Waals surface area contributed by atoms with E-state index in [9.17, 15) is 13.5 Å². The molecular formula is C21H24N2O4S2. The van der Waals surface area contributed by atoms with Crippen LogP contribution in [0.4, 0.5) is 0 Å². The minimum Gasteiger partial charge on any atom is -0.477 e. The first kappa shape index (κ1) is 21.4. The lowest BCUT2D eigenvalue weighted by Crippen LogP contribution is -2.11. The third kappa shape index (κ3) is 4.84. The van der Waals surface area contributed by atoms with Crippen molar-refractivity contribution in [2.24, 2.45) is 5.14 Å². The molecule has 1 aromatic carbocycles. The first-order valence-corrected chi connectivity index (χ1v) is 11.7. The number of benzene rings is 1. The van der Waals surface area contributed by atoms with Gasteiger partial charge < -0.3 is 9.84 Å². The number of unbranched alkanes of at least 4 members (excludes halogenated alkanes) is 1. The number of thiophene rings is 1. The molecular weight excluding hydrogens is 408 g/mol. The van der Waals surface area contributed by atoms with Crippen molar-refractivity contribution < 1.29 is 18.3 Å². The number of hydrogen-bond donors (Lipinski definition) is 2. The molecule has 0 bridgehead atoms. The van der Waals surface area contributed by atoms with Crippen molar-refractivity contribution in [3.63, 3.8) is 0 Å². The van der Waals surface area contributed by atoms with Crippen LogP contribution in [0.15, 0.2) is 46.7 Å². The fourth-order valence-corrected chi connectivity index (χ4v) is 4.37. The molecule has 3 aromatic rings. The molecule has 2 aromatic heterocycles. The molecule has 0 amide bonds. The van der Waals surface area contributed by atoms with Gasteiger partial charge in [0.05, 0.1) is 28.7 Å². The summed E-state index contributed by atoms with van der Waals surface area (Å²) in [5.41, 5.74) is 3.93. The van der Waals surface area contributed by atoms with Crippen LogP contribution < -0.4 is 9.88 Å². The molecule has 0 aliphatic rings. The predicted molar refractivity (Wildman–Crippen MR) is 115 cm³/mol. The number of nitrogens with two attached hydrogens (primary N) is 1. The minimum absolute atomic E-state index is 0.0367. The number of nitrogens with zero attached hydrogens (tertiary/aromatic N) is 1. The van der Waals surface area contributed by atoms with Gasteiger partial charge in [-0.25, -0.2) is 18.5 Å². The fourth-order valence-electron chi connectivity index (χ4n) is 2.97. The highest BCUT2D eigenvalue weighted by atomic mass is 32.2. The number of ether oxygens (including phenoxy) is 1. The molecule has 0 spiro atoms. The highest BCUT2D eigenvalue weighted by molar-refractivity contribution is 7.89. The van der Waals surface area contributed by atoms with Crippen LogP contribution in [-0.4, -0.2) is 25.1 Å². The topological polar surface area (TPSA) is 103 Å². The zero-order valence-electron chi connectivity index (χ0n) is 16.4. The number of pyridine rings is 1. The van der Waals surface area contributed by atoms with E-state index in [1.165, 1.54) is 12.1 Å². The Morgan fingerprint density at radius 2 is 1.93 bits per heavy atom. The Balaban J connectivity index is 2.15. The summed E-state index contributed by atoms with van der Waals surface area (Å²) in [5, 5.41) is 17.3. The van der Waals surface area contributed by atoms with Crippen LogP contribution in [-0.2, 0) is 16.6 Å². The van der Waals surface area contributed by atoms with E-state index in [-0.39, 0.29) is 11.5 Å². The van der Waals surface area contributed by atoms with Gasteiger partial charge in [0.1, 0.15) is 0 Å². The van der Waals surface area contributed by atoms with Crippen molar-refractivity contribution in [1.29, 1.82) is 0 Å². The Morgan fingerprint density at radius 1 is 1.21 bits per heavy atom. The van der Waals surface area contributed by atoms with E-state index in [4.69, 9.17) is 9.88 Å². The van der Waals surface area contributed by atoms with Crippen LogP contribution in [0.5, 0.6) is 5.88 Å². The average molecular weight is 433 g/mol. The molecule has 0 unspecified atom stereocenters. The number of hydrogen-bond acceptors (Lipinski definition) is 6. The molecule has 29 heavy (non-hydrogen) atoms. The van der Waals surface area contributed by atoms with Crippen LogP contribution in [0.25, 0.3) is 21.7 Å². The summed E-state index contributed by atoms with van der Waals surface area (Å²) in [5.74, 6) is 0.400. The van der Waals surface area contributed by atoms with Gasteiger partial charge in [0, 0.05) is 5.56 Å². The van der Waals surface area contributed by atoms with E-state index in [0.717, 1.165) is 40.1 Å². The summed E-state index contributed by atoms with van der Waals surface area (Å²) >= 11 is 1.59. The zero-order chi connectivity index (χ0) is 21.0. The van der Waals surface area contributed by atoms with E-state index in [1.807, 2.05) is 24.4 Å². The second-order valence-electron chi connectivity index (χ2n) is 6.70. The zero-order valence-corrected chi connectivity index (χ0v) is 18.0. The van der Waals surface area contributed by atoms with Crippen LogP contribution in [0.2, 0.25) is 0 Å². The maximum Gasteiger partial charge on any atom is 0.238 e. The van der Waals surface area contributed by atoms with E-state index in [2.05, 4.69) is 11.9 Å². The molecule has 0 fully saturated rings. The van der Waals surface area contributed by atoms with Crippen molar-refractivity contribution in [2.45, 2.75) is 38.2 Å².